The number of carbonyl (C=O) groups is 1. The van der Waals surface area contributed by atoms with Gasteiger partial charge in [0, 0.05) is 11.6 Å². The van der Waals surface area contributed by atoms with Crippen LogP contribution in [0.2, 0.25) is 10.0 Å². The van der Waals surface area contributed by atoms with Crippen LogP contribution in [0.15, 0.2) is 59.1 Å². The van der Waals surface area contributed by atoms with Gasteiger partial charge in [0.1, 0.15) is 0 Å². The molecule has 3 aromatic rings. The minimum atomic E-state index is -0.441. The van der Waals surface area contributed by atoms with Crippen LogP contribution >= 0.6 is 23.2 Å². The summed E-state index contributed by atoms with van der Waals surface area (Å²) in [7, 11) is 0. The summed E-state index contributed by atoms with van der Waals surface area (Å²) in [5.74, 6) is 0.407. The highest BCUT2D eigenvalue weighted by molar-refractivity contribution is 6.40. The zero-order valence-corrected chi connectivity index (χ0v) is 12.7. The van der Waals surface area contributed by atoms with Crippen molar-refractivity contribution in [2.45, 2.75) is 0 Å². The predicted octanol–water partition coefficient (Wildman–Crippen LogP) is 4.90. The van der Waals surface area contributed by atoms with E-state index in [0.717, 1.165) is 5.56 Å². The second-order valence-electron chi connectivity index (χ2n) is 4.49. The third kappa shape index (κ3) is 2.98. The summed E-state index contributed by atoms with van der Waals surface area (Å²) in [4.78, 5) is 12.2. The van der Waals surface area contributed by atoms with Gasteiger partial charge in [0.15, 0.2) is 11.6 Å². The van der Waals surface area contributed by atoms with E-state index in [2.05, 4.69) is 10.5 Å². The van der Waals surface area contributed by atoms with Crippen molar-refractivity contribution in [1.29, 1.82) is 0 Å². The first kappa shape index (κ1) is 14.6. The SMILES string of the molecule is O=C(Nc1cc(-c2ccccc2)on1)c1c(Cl)cccc1Cl. The Bertz CT molecular complexity index is 796. The lowest BCUT2D eigenvalue weighted by Gasteiger charge is -2.05. The van der Waals surface area contributed by atoms with Gasteiger partial charge in [-0.25, -0.2) is 0 Å². The Balaban J connectivity index is 1.82. The van der Waals surface area contributed by atoms with Crippen LogP contribution < -0.4 is 5.32 Å². The van der Waals surface area contributed by atoms with E-state index in [-0.39, 0.29) is 15.6 Å². The maximum absolute atomic E-state index is 12.2. The van der Waals surface area contributed by atoms with Crippen LogP contribution in [0, 0.1) is 0 Å². The summed E-state index contributed by atoms with van der Waals surface area (Å²) >= 11 is 12.0. The number of benzene rings is 2. The quantitative estimate of drug-likeness (QED) is 0.742. The molecule has 0 aliphatic carbocycles. The van der Waals surface area contributed by atoms with Gasteiger partial charge in [-0.15, -0.1) is 0 Å². The molecule has 110 valence electrons. The summed E-state index contributed by atoms with van der Waals surface area (Å²) in [5, 5.41) is 6.99. The lowest BCUT2D eigenvalue weighted by atomic mass is 10.2. The fourth-order valence-corrected chi connectivity index (χ4v) is 2.54. The highest BCUT2D eigenvalue weighted by atomic mass is 35.5. The van der Waals surface area contributed by atoms with E-state index >= 15 is 0 Å². The first-order valence-corrected chi connectivity index (χ1v) is 7.18. The molecule has 2 aromatic carbocycles. The molecular formula is C16H10Cl2N2O2. The summed E-state index contributed by atoms with van der Waals surface area (Å²) in [5.41, 5.74) is 1.07. The molecule has 0 unspecified atom stereocenters. The number of nitrogens with zero attached hydrogens (tertiary/aromatic N) is 1. The van der Waals surface area contributed by atoms with E-state index in [9.17, 15) is 4.79 Å². The molecule has 0 saturated carbocycles. The molecule has 1 amide bonds. The van der Waals surface area contributed by atoms with Crippen LogP contribution in [0.1, 0.15) is 10.4 Å². The summed E-state index contributed by atoms with van der Waals surface area (Å²) in [6.45, 7) is 0. The van der Waals surface area contributed by atoms with Crippen LogP contribution in [0.3, 0.4) is 0 Å². The average Bonchev–Trinajstić information content (AvgIpc) is 2.96. The molecule has 0 fully saturated rings. The highest BCUT2D eigenvalue weighted by Crippen LogP contribution is 2.26. The van der Waals surface area contributed by atoms with Gasteiger partial charge in [-0.05, 0) is 12.1 Å². The highest BCUT2D eigenvalue weighted by Gasteiger charge is 2.16. The van der Waals surface area contributed by atoms with Gasteiger partial charge >= 0.3 is 0 Å². The van der Waals surface area contributed by atoms with Gasteiger partial charge in [-0.1, -0.05) is 64.8 Å². The van der Waals surface area contributed by atoms with Crippen molar-refractivity contribution >= 4 is 34.9 Å². The molecule has 3 rings (SSSR count). The monoisotopic (exact) mass is 332 g/mol. The third-order valence-electron chi connectivity index (χ3n) is 3.00. The number of nitrogens with one attached hydrogen (secondary N) is 1. The molecule has 0 atom stereocenters. The average molecular weight is 333 g/mol. The number of amides is 1. The van der Waals surface area contributed by atoms with E-state index in [1.807, 2.05) is 30.3 Å². The number of hydrogen-bond donors (Lipinski definition) is 1. The molecule has 1 heterocycles. The van der Waals surface area contributed by atoms with Crippen LogP contribution in [-0.2, 0) is 0 Å². The largest absolute Gasteiger partial charge is 0.354 e. The molecule has 0 spiro atoms. The number of halogens is 2. The first-order valence-electron chi connectivity index (χ1n) is 6.42. The second kappa shape index (κ2) is 6.22. The van der Waals surface area contributed by atoms with E-state index < -0.39 is 5.91 Å². The maximum atomic E-state index is 12.2. The number of hydrogen-bond acceptors (Lipinski definition) is 3. The molecule has 0 aliphatic rings. The van der Waals surface area contributed by atoms with Gasteiger partial charge in [-0.3, -0.25) is 4.79 Å². The fraction of sp³-hybridized carbons (Fsp3) is 0. The Kier molecular flexibility index (Phi) is 4.13. The van der Waals surface area contributed by atoms with Crippen molar-refractivity contribution < 1.29 is 9.32 Å². The Hall–Kier alpha value is -2.30. The normalized spacial score (nSPS) is 10.5. The lowest BCUT2D eigenvalue weighted by molar-refractivity contribution is 0.102. The van der Waals surface area contributed by atoms with Gasteiger partial charge in [0.25, 0.3) is 5.91 Å². The van der Waals surface area contributed by atoms with Crippen LogP contribution in [-0.4, -0.2) is 11.1 Å². The summed E-state index contributed by atoms with van der Waals surface area (Å²) < 4.78 is 5.22. The van der Waals surface area contributed by atoms with E-state index in [1.54, 1.807) is 24.3 Å². The Labute approximate surface area is 136 Å². The molecule has 22 heavy (non-hydrogen) atoms. The van der Waals surface area contributed by atoms with Crippen LogP contribution in [0.5, 0.6) is 0 Å². The Morgan fingerprint density at radius 3 is 2.36 bits per heavy atom. The van der Waals surface area contributed by atoms with E-state index in [0.29, 0.717) is 11.6 Å². The van der Waals surface area contributed by atoms with Crippen LogP contribution in [0.4, 0.5) is 5.82 Å². The van der Waals surface area contributed by atoms with Gasteiger partial charge in [0.2, 0.25) is 0 Å². The number of carbonyl (C=O) groups excluding carboxylic acids is 1. The minimum Gasteiger partial charge on any atom is -0.354 e. The molecule has 1 aromatic heterocycles. The van der Waals surface area contributed by atoms with Crippen LogP contribution in [0.25, 0.3) is 11.3 Å². The van der Waals surface area contributed by atoms with Crippen molar-refractivity contribution in [3.63, 3.8) is 0 Å². The van der Waals surface area contributed by atoms with Crippen molar-refractivity contribution in [3.05, 3.63) is 70.2 Å². The molecular weight excluding hydrogens is 323 g/mol. The van der Waals surface area contributed by atoms with Gasteiger partial charge in [0.05, 0.1) is 15.6 Å². The fourth-order valence-electron chi connectivity index (χ4n) is 1.97. The molecule has 0 bridgehead atoms. The van der Waals surface area contributed by atoms with Gasteiger partial charge in [-0.2, -0.15) is 0 Å². The van der Waals surface area contributed by atoms with Gasteiger partial charge < -0.3 is 9.84 Å². The molecule has 6 heteroatoms. The van der Waals surface area contributed by atoms with Crippen molar-refractivity contribution in [2.24, 2.45) is 0 Å². The number of rotatable bonds is 3. The lowest BCUT2D eigenvalue weighted by Crippen LogP contribution is -2.13. The minimum absolute atomic E-state index is 0.204. The summed E-state index contributed by atoms with van der Waals surface area (Å²) in [6.07, 6.45) is 0. The molecule has 0 radical (unpaired) electrons. The smallest absolute Gasteiger partial charge is 0.259 e. The molecule has 0 aliphatic heterocycles. The number of aromatic nitrogens is 1. The Morgan fingerprint density at radius 2 is 1.68 bits per heavy atom. The zero-order chi connectivity index (χ0) is 15.5. The van der Waals surface area contributed by atoms with E-state index in [4.69, 9.17) is 27.7 Å². The molecule has 1 N–H and O–H groups in total. The molecule has 0 saturated heterocycles. The first-order chi connectivity index (χ1) is 10.6. The summed E-state index contributed by atoms with van der Waals surface area (Å²) in [6, 6.07) is 16.0. The second-order valence-corrected chi connectivity index (χ2v) is 5.31. The van der Waals surface area contributed by atoms with Crippen molar-refractivity contribution in [2.75, 3.05) is 5.32 Å². The Morgan fingerprint density at radius 1 is 1.00 bits per heavy atom. The van der Waals surface area contributed by atoms with Crippen molar-refractivity contribution in [3.8, 4) is 11.3 Å². The zero-order valence-electron chi connectivity index (χ0n) is 11.2. The maximum Gasteiger partial charge on any atom is 0.259 e. The molecule has 4 nitrogen and oxygen atoms in total. The third-order valence-corrected chi connectivity index (χ3v) is 3.63. The standard InChI is InChI=1S/C16H10Cl2N2O2/c17-11-7-4-8-12(18)15(11)16(21)19-14-9-13(22-20-14)10-5-2-1-3-6-10/h1-9H,(H,19,20,21). The van der Waals surface area contributed by atoms with Crippen molar-refractivity contribution in [1.82, 2.24) is 5.16 Å². The van der Waals surface area contributed by atoms with E-state index in [1.165, 1.54) is 0 Å². The number of anilines is 1. The topological polar surface area (TPSA) is 55.1 Å². The predicted molar refractivity (Wildman–Crippen MR) is 86.4 cm³/mol.